The van der Waals surface area contributed by atoms with Crippen LogP contribution in [0.25, 0.3) is 0 Å². The molecule has 2 fully saturated rings. The van der Waals surface area contributed by atoms with Crippen molar-refractivity contribution in [2.75, 3.05) is 6.61 Å². The highest BCUT2D eigenvalue weighted by atomic mass is 16.6. The van der Waals surface area contributed by atoms with Gasteiger partial charge in [-0.25, -0.2) is 4.99 Å². The average Bonchev–Trinajstić information content (AvgIpc) is 3.31. The molecule has 1 aromatic heterocycles. The van der Waals surface area contributed by atoms with Gasteiger partial charge in [0.25, 0.3) is 0 Å². The minimum Gasteiger partial charge on any atom is -0.463 e. The van der Waals surface area contributed by atoms with E-state index in [0.29, 0.717) is 24.6 Å². The fraction of sp³-hybridized carbons (Fsp3) is 0.650. The second-order valence-electron chi connectivity index (χ2n) is 7.81. The number of ether oxygens (including phenoxy) is 2. The number of rotatable bonds is 7. The second kappa shape index (κ2) is 9.17. The van der Waals surface area contributed by atoms with E-state index in [4.69, 9.17) is 20.6 Å². The van der Waals surface area contributed by atoms with Crippen molar-refractivity contribution in [1.29, 1.82) is 5.41 Å². The summed E-state index contributed by atoms with van der Waals surface area (Å²) < 4.78 is 11.5. The van der Waals surface area contributed by atoms with Gasteiger partial charge in [-0.1, -0.05) is 19.8 Å². The number of hydrogen-bond acceptors (Lipinski definition) is 4. The smallest absolute Gasteiger partial charge is 0.306 e. The third-order valence-electron chi connectivity index (χ3n) is 5.66. The van der Waals surface area contributed by atoms with Gasteiger partial charge in [0, 0.05) is 12.1 Å². The molecule has 2 atom stereocenters. The summed E-state index contributed by atoms with van der Waals surface area (Å²) in [4.78, 5) is 19.1. The monoisotopic (exact) mass is 374 g/mol. The minimum atomic E-state index is -0.0978. The number of carbonyl (C=O) groups is 1. The summed E-state index contributed by atoms with van der Waals surface area (Å²) in [6, 6.07) is 3.75. The molecule has 148 valence electrons. The maximum absolute atomic E-state index is 12.1. The van der Waals surface area contributed by atoms with Gasteiger partial charge < -0.3 is 20.2 Å². The van der Waals surface area contributed by atoms with Crippen LogP contribution in [0.3, 0.4) is 0 Å². The average molecular weight is 374 g/mol. The highest BCUT2D eigenvalue weighted by Crippen LogP contribution is 2.33. The van der Waals surface area contributed by atoms with E-state index in [1.165, 1.54) is 12.8 Å². The topological polar surface area (TPSA) is 114 Å². The van der Waals surface area contributed by atoms with Gasteiger partial charge in [-0.3, -0.25) is 10.2 Å². The molecule has 7 heteroatoms. The SMILES string of the molecule is CC1CCC(CC(=O)OCC2CCC(c3ccc(C(N)=NC=N)[nH]3)O2)CC1. The van der Waals surface area contributed by atoms with E-state index in [1.54, 1.807) is 0 Å². The Labute approximate surface area is 160 Å². The van der Waals surface area contributed by atoms with Crippen LogP contribution in [0.15, 0.2) is 17.1 Å². The Hall–Kier alpha value is -2.15. The molecule has 1 aromatic rings. The van der Waals surface area contributed by atoms with Crippen LogP contribution in [0.4, 0.5) is 0 Å². The predicted molar refractivity (Wildman–Crippen MR) is 104 cm³/mol. The molecule has 0 amide bonds. The van der Waals surface area contributed by atoms with Crippen molar-refractivity contribution in [2.45, 2.75) is 64.1 Å². The van der Waals surface area contributed by atoms with Crippen molar-refractivity contribution < 1.29 is 14.3 Å². The first-order chi connectivity index (χ1) is 13.0. The predicted octanol–water partition coefficient (Wildman–Crippen LogP) is 3.31. The van der Waals surface area contributed by atoms with Gasteiger partial charge in [0.2, 0.25) is 0 Å². The molecule has 4 N–H and O–H groups in total. The van der Waals surface area contributed by atoms with E-state index in [-0.39, 0.29) is 24.0 Å². The number of aromatic nitrogens is 1. The maximum atomic E-state index is 12.1. The lowest BCUT2D eigenvalue weighted by molar-refractivity contribution is -0.149. The minimum absolute atomic E-state index is 0.0601. The molecular weight excluding hydrogens is 344 g/mol. The van der Waals surface area contributed by atoms with Crippen LogP contribution in [-0.2, 0) is 14.3 Å². The van der Waals surface area contributed by atoms with Crippen LogP contribution in [0.1, 0.15) is 69.4 Å². The molecule has 2 heterocycles. The van der Waals surface area contributed by atoms with E-state index in [1.807, 2.05) is 12.1 Å². The Kier molecular flexibility index (Phi) is 6.66. The number of carbonyl (C=O) groups excluding carboxylic acids is 1. The molecule has 3 rings (SSSR count). The second-order valence-corrected chi connectivity index (χ2v) is 7.81. The van der Waals surface area contributed by atoms with Crippen LogP contribution in [0, 0.1) is 17.2 Å². The van der Waals surface area contributed by atoms with Crippen molar-refractivity contribution >= 4 is 18.1 Å². The van der Waals surface area contributed by atoms with Crippen LogP contribution in [-0.4, -0.2) is 35.8 Å². The molecule has 1 saturated heterocycles. The molecule has 1 aliphatic heterocycles. The van der Waals surface area contributed by atoms with Crippen molar-refractivity contribution in [2.24, 2.45) is 22.6 Å². The number of nitrogens with zero attached hydrogens (tertiary/aromatic N) is 1. The number of nitrogens with two attached hydrogens (primary N) is 1. The van der Waals surface area contributed by atoms with Crippen LogP contribution in [0.2, 0.25) is 0 Å². The number of aromatic amines is 1. The Bertz CT molecular complexity index is 677. The van der Waals surface area contributed by atoms with E-state index < -0.39 is 0 Å². The van der Waals surface area contributed by atoms with Crippen molar-refractivity contribution in [3.8, 4) is 0 Å². The lowest BCUT2D eigenvalue weighted by Gasteiger charge is -2.25. The lowest BCUT2D eigenvalue weighted by Crippen LogP contribution is -2.21. The molecule has 0 spiro atoms. The van der Waals surface area contributed by atoms with E-state index >= 15 is 0 Å². The Morgan fingerprint density at radius 2 is 2.11 bits per heavy atom. The van der Waals surface area contributed by atoms with Gasteiger partial charge in [0.15, 0.2) is 0 Å². The highest BCUT2D eigenvalue weighted by Gasteiger charge is 2.29. The first-order valence-electron chi connectivity index (χ1n) is 9.87. The number of esters is 1. The quantitative estimate of drug-likeness (QED) is 0.386. The van der Waals surface area contributed by atoms with Crippen molar-refractivity contribution in [1.82, 2.24) is 4.98 Å². The summed E-state index contributed by atoms with van der Waals surface area (Å²) in [7, 11) is 0. The molecule has 2 aliphatic rings. The van der Waals surface area contributed by atoms with Gasteiger partial charge in [-0.05, 0) is 49.7 Å². The molecule has 7 nitrogen and oxygen atoms in total. The van der Waals surface area contributed by atoms with Gasteiger partial charge >= 0.3 is 5.97 Å². The Morgan fingerprint density at radius 3 is 2.85 bits per heavy atom. The first-order valence-corrected chi connectivity index (χ1v) is 9.87. The summed E-state index contributed by atoms with van der Waals surface area (Å²) in [6.45, 7) is 2.61. The summed E-state index contributed by atoms with van der Waals surface area (Å²) in [5.41, 5.74) is 7.38. The Balaban J connectivity index is 1.41. The molecular formula is C20H30N4O3. The van der Waals surface area contributed by atoms with E-state index in [2.05, 4.69) is 16.9 Å². The summed E-state index contributed by atoms with van der Waals surface area (Å²) >= 11 is 0. The van der Waals surface area contributed by atoms with Crippen molar-refractivity contribution in [3.63, 3.8) is 0 Å². The molecule has 2 unspecified atom stereocenters. The lowest BCUT2D eigenvalue weighted by atomic mass is 9.81. The molecule has 0 bridgehead atoms. The van der Waals surface area contributed by atoms with E-state index in [9.17, 15) is 4.79 Å². The first kappa shape index (κ1) is 19.6. The van der Waals surface area contributed by atoms with Gasteiger partial charge in [-0.2, -0.15) is 0 Å². The zero-order chi connectivity index (χ0) is 19.2. The molecule has 0 aromatic carbocycles. The number of nitrogens with one attached hydrogen (secondary N) is 2. The number of hydrogen-bond donors (Lipinski definition) is 3. The fourth-order valence-corrected chi connectivity index (χ4v) is 3.96. The molecule has 0 radical (unpaired) electrons. The number of amidine groups is 1. The van der Waals surface area contributed by atoms with Crippen LogP contribution in [0.5, 0.6) is 0 Å². The summed E-state index contributed by atoms with van der Waals surface area (Å²) in [6.07, 6.45) is 7.77. The molecule has 27 heavy (non-hydrogen) atoms. The highest BCUT2D eigenvalue weighted by molar-refractivity contribution is 5.99. The fourth-order valence-electron chi connectivity index (χ4n) is 3.96. The maximum Gasteiger partial charge on any atom is 0.306 e. The number of H-pyrrole nitrogens is 1. The number of aliphatic imine (C=N–C) groups is 1. The molecule has 1 aliphatic carbocycles. The van der Waals surface area contributed by atoms with Crippen LogP contribution < -0.4 is 5.73 Å². The normalized spacial score (nSPS) is 28.9. The van der Waals surface area contributed by atoms with Gasteiger partial charge in [0.05, 0.1) is 17.9 Å². The third kappa shape index (κ3) is 5.42. The Morgan fingerprint density at radius 1 is 1.33 bits per heavy atom. The zero-order valence-electron chi connectivity index (χ0n) is 15.9. The van der Waals surface area contributed by atoms with Crippen molar-refractivity contribution in [3.05, 3.63) is 23.5 Å². The molecule has 1 saturated carbocycles. The largest absolute Gasteiger partial charge is 0.463 e. The zero-order valence-corrected chi connectivity index (χ0v) is 15.9. The van der Waals surface area contributed by atoms with Gasteiger partial charge in [0.1, 0.15) is 18.8 Å². The van der Waals surface area contributed by atoms with Gasteiger partial charge in [-0.15, -0.1) is 0 Å². The standard InChI is InChI=1S/C20H30N4O3/c1-13-2-4-14(5-3-13)10-19(25)26-11-15-6-9-18(27-15)16-7-8-17(24-16)20(22)23-12-21/h7-8,12-15,18,24H,2-6,9-11H2,1H3,(H3,21,22,23). The third-order valence-corrected chi connectivity index (χ3v) is 5.66. The van der Waals surface area contributed by atoms with Crippen LogP contribution >= 0.6 is 0 Å². The van der Waals surface area contributed by atoms with E-state index in [0.717, 1.165) is 43.6 Å². The summed E-state index contributed by atoms with van der Waals surface area (Å²) in [5.74, 6) is 1.45. The summed E-state index contributed by atoms with van der Waals surface area (Å²) in [5, 5.41) is 6.98.